The summed E-state index contributed by atoms with van der Waals surface area (Å²) in [5.74, 6) is -1.27. The Morgan fingerprint density at radius 3 is 2.52 bits per heavy atom. The average molecular weight is 294 g/mol. The highest BCUT2D eigenvalue weighted by atomic mass is 16.4. The molecule has 3 fully saturated rings. The molecule has 0 spiro atoms. The molecular formula is C15H22N2O4. The molecule has 0 radical (unpaired) electrons. The van der Waals surface area contributed by atoms with E-state index in [0.717, 1.165) is 38.5 Å². The van der Waals surface area contributed by atoms with Gasteiger partial charge in [0.1, 0.15) is 0 Å². The lowest BCUT2D eigenvalue weighted by Gasteiger charge is -2.30. The van der Waals surface area contributed by atoms with Crippen molar-refractivity contribution in [1.82, 2.24) is 10.2 Å². The molecule has 1 heterocycles. The predicted molar refractivity (Wildman–Crippen MR) is 74.4 cm³/mol. The molecule has 1 saturated heterocycles. The van der Waals surface area contributed by atoms with Gasteiger partial charge in [0.15, 0.2) is 0 Å². The van der Waals surface area contributed by atoms with Crippen LogP contribution >= 0.6 is 0 Å². The van der Waals surface area contributed by atoms with E-state index in [4.69, 9.17) is 5.11 Å². The molecule has 0 bridgehead atoms. The van der Waals surface area contributed by atoms with Gasteiger partial charge in [0.25, 0.3) is 0 Å². The van der Waals surface area contributed by atoms with Gasteiger partial charge >= 0.3 is 5.97 Å². The van der Waals surface area contributed by atoms with E-state index in [1.54, 1.807) is 0 Å². The lowest BCUT2D eigenvalue weighted by molar-refractivity contribution is -0.139. The van der Waals surface area contributed by atoms with Gasteiger partial charge in [0.05, 0.1) is 17.9 Å². The van der Waals surface area contributed by atoms with E-state index >= 15 is 0 Å². The number of hydrogen-bond acceptors (Lipinski definition) is 3. The van der Waals surface area contributed by atoms with Crippen molar-refractivity contribution in [2.75, 3.05) is 6.54 Å². The van der Waals surface area contributed by atoms with Crippen molar-refractivity contribution < 1.29 is 19.5 Å². The van der Waals surface area contributed by atoms with Crippen LogP contribution in [0.2, 0.25) is 0 Å². The maximum atomic E-state index is 12.4. The number of rotatable bonds is 5. The van der Waals surface area contributed by atoms with Crippen LogP contribution in [0.5, 0.6) is 0 Å². The van der Waals surface area contributed by atoms with E-state index in [1.165, 1.54) is 0 Å². The van der Waals surface area contributed by atoms with Gasteiger partial charge in [-0.3, -0.25) is 14.4 Å². The van der Waals surface area contributed by atoms with Gasteiger partial charge in [-0.25, -0.2) is 0 Å². The minimum atomic E-state index is -0.876. The molecule has 3 rings (SSSR count). The molecule has 0 aromatic rings. The highest BCUT2D eigenvalue weighted by Crippen LogP contribution is 2.35. The van der Waals surface area contributed by atoms with Gasteiger partial charge in [-0.2, -0.15) is 0 Å². The van der Waals surface area contributed by atoms with E-state index in [0.29, 0.717) is 12.6 Å². The van der Waals surface area contributed by atoms with Gasteiger partial charge in [-0.15, -0.1) is 0 Å². The number of aliphatic carboxylic acids is 1. The molecule has 1 aliphatic heterocycles. The SMILES string of the molecule is O=C(O)CC1(NC(=O)C2CC(=O)N(C3CC3)C2)CCCC1. The highest BCUT2D eigenvalue weighted by molar-refractivity contribution is 5.90. The minimum absolute atomic E-state index is 0.0221. The van der Waals surface area contributed by atoms with E-state index < -0.39 is 11.5 Å². The summed E-state index contributed by atoms with van der Waals surface area (Å²) >= 11 is 0. The molecule has 0 aromatic carbocycles. The van der Waals surface area contributed by atoms with Gasteiger partial charge in [-0.05, 0) is 25.7 Å². The van der Waals surface area contributed by atoms with Crippen molar-refractivity contribution in [3.63, 3.8) is 0 Å². The first-order valence-corrected chi connectivity index (χ1v) is 7.82. The van der Waals surface area contributed by atoms with Crippen LogP contribution in [0.4, 0.5) is 0 Å². The standard InChI is InChI=1S/C15H22N2O4/c18-12-7-10(9-17(12)11-3-4-11)14(21)16-15(8-13(19)20)5-1-2-6-15/h10-11H,1-9H2,(H,16,21)(H,19,20). The molecule has 1 unspecified atom stereocenters. The summed E-state index contributed by atoms with van der Waals surface area (Å²) in [5.41, 5.74) is -0.598. The number of carboxylic acids is 1. The summed E-state index contributed by atoms with van der Waals surface area (Å²) < 4.78 is 0. The molecule has 116 valence electrons. The number of likely N-dealkylation sites (tertiary alicyclic amines) is 1. The third-order valence-corrected chi connectivity index (χ3v) is 4.96. The summed E-state index contributed by atoms with van der Waals surface area (Å²) in [6.45, 7) is 0.498. The van der Waals surface area contributed by atoms with Crippen LogP contribution in [0.1, 0.15) is 51.4 Å². The van der Waals surface area contributed by atoms with Crippen LogP contribution in [0.3, 0.4) is 0 Å². The molecule has 1 atom stereocenters. The number of nitrogens with one attached hydrogen (secondary N) is 1. The monoisotopic (exact) mass is 294 g/mol. The number of hydrogen-bond donors (Lipinski definition) is 2. The fourth-order valence-corrected chi connectivity index (χ4v) is 3.70. The smallest absolute Gasteiger partial charge is 0.305 e. The normalized spacial score (nSPS) is 27.9. The molecule has 21 heavy (non-hydrogen) atoms. The predicted octanol–water partition coefficient (Wildman–Crippen LogP) is 0.901. The fraction of sp³-hybridized carbons (Fsp3) is 0.800. The Labute approximate surface area is 123 Å². The number of nitrogens with zero attached hydrogens (tertiary/aromatic N) is 1. The lowest BCUT2D eigenvalue weighted by Crippen LogP contribution is -2.50. The molecule has 2 saturated carbocycles. The second-order valence-corrected chi connectivity index (χ2v) is 6.73. The Hall–Kier alpha value is -1.59. The van der Waals surface area contributed by atoms with Crippen LogP contribution in [0, 0.1) is 5.92 Å². The first-order chi connectivity index (χ1) is 9.99. The second kappa shape index (κ2) is 5.31. The molecular weight excluding hydrogens is 272 g/mol. The number of carbonyl (C=O) groups is 3. The first kappa shape index (κ1) is 14.4. The third-order valence-electron chi connectivity index (χ3n) is 4.96. The fourth-order valence-electron chi connectivity index (χ4n) is 3.70. The van der Waals surface area contributed by atoms with E-state index in [9.17, 15) is 14.4 Å². The van der Waals surface area contributed by atoms with Crippen molar-refractivity contribution in [2.45, 2.75) is 62.9 Å². The zero-order chi connectivity index (χ0) is 15.0. The summed E-state index contributed by atoms with van der Waals surface area (Å²) in [5, 5.41) is 12.0. The number of amides is 2. The third kappa shape index (κ3) is 3.04. The maximum absolute atomic E-state index is 12.4. The van der Waals surface area contributed by atoms with Gasteiger partial charge in [0, 0.05) is 19.0 Å². The van der Waals surface area contributed by atoms with Crippen LogP contribution < -0.4 is 5.32 Å². The topological polar surface area (TPSA) is 86.7 Å². The Morgan fingerprint density at radius 2 is 1.95 bits per heavy atom. The second-order valence-electron chi connectivity index (χ2n) is 6.73. The summed E-state index contributed by atoms with van der Waals surface area (Å²) in [7, 11) is 0. The summed E-state index contributed by atoms with van der Waals surface area (Å²) in [6.07, 6.45) is 5.68. The Morgan fingerprint density at radius 1 is 1.29 bits per heavy atom. The van der Waals surface area contributed by atoms with Crippen LogP contribution in [-0.2, 0) is 14.4 Å². The molecule has 6 heteroatoms. The van der Waals surface area contributed by atoms with Crippen LogP contribution in [-0.4, -0.2) is 45.9 Å². The van der Waals surface area contributed by atoms with Crippen molar-refractivity contribution >= 4 is 17.8 Å². The van der Waals surface area contributed by atoms with Crippen LogP contribution in [0.25, 0.3) is 0 Å². The Kier molecular flexibility index (Phi) is 3.63. The zero-order valence-electron chi connectivity index (χ0n) is 12.1. The number of carboxylic acid groups (broad SMARTS) is 1. The van der Waals surface area contributed by atoms with Gasteiger partial charge in [0.2, 0.25) is 11.8 Å². The Bertz CT molecular complexity index is 466. The molecule has 6 nitrogen and oxygen atoms in total. The average Bonchev–Trinajstić information content (AvgIpc) is 3.03. The van der Waals surface area contributed by atoms with Crippen molar-refractivity contribution in [3.8, 4) is 0 Å². The number of carbonyl (C=O) groups excluding carboxylic acids is 2. The van der Waals surface area contributed by atoms with Crippen molar-refractivity contribution in [2.24, 2.45) is 5.92 Å². The van der Waals surface area contributed by atoms with Crippen LogP contribution in [0.15, 0.2) is 0 Å². The van der Waals surface area contributed by atoms with Crippen molar-refractivity contribution in [1.29, 1.82) is 0 Å². The van der Waals surface area contributed by atoms with E-state index in [1.807, 2.05) is 4.90 Å². The summed E-state index contributed by atoms with van der Waals surface area (Å²) in [4.78, 5) is 37.2. The largest absolute Gasteiger partial charge is 0.481 e. The van der Waals surface area contributed by atoms with Crippen molar-refractivity contribution in [3.05, 3.63) is 0 Å². The molecule has 0 aromatic heterocycles. The molecule has 2 aliphatic carbocycles. The van der Waals surface area contributed by atoms with E-state index in [2.05, 4.69) is 5.32 Å². The van der Waals surface area contributed by atoms with Gasteiger partial charge in [-0.1, -0.05) is 12.8 Å². The molecule has 2 amide bonds. The Balaban J connectivity index is 1.62. The quantitative estimate of drug-likeness (QED) is 0.788. The lowest BCUT2D eigenvalue weighted by atomic mass is 9.92. The minimum Gasteiger partial charge on any atom is -0.481 e. The zero-order valence-corrected chi connectivity index (χ0v) is 12.1. The maximum Gasteiger partial charge on any atom is 0.305 e. The highest BCUT2D eigenvalue weighted by Gasteiger charge is 2.44. The van der Waals surface area contributed by atoms with Gasteiger partial charge < -0.3 is 15.3 Å². The molecule has 3 aliphatic rings. The first-order valence-electron chi connectivity index (χ1n) is 7.82. The van der Waals surface area contributed by atoms with E-state index in [-0.39, 0.29) is 30.6 Å². The summed E-state index contributed by atoms with van der Waals surface area (Å²) in [6, 6.07) is 0.342. The molecule has 2 N–H and O–H groups in total.